The Morgan fingerprint density at radius 1 is 1.07 bits per heavy atom. The molecule has 0 bridgehead atoms. The molecule has 6 heteroatoms. The molecule has 0 fully saturated rings. The molecule has 2 aromatic carbocycles. The molecule has 3 rings (SSSR count). The predicted molar refractivity (Wildman–Crippen MR) is 106 cm³/mol. The Balaban J connectivity index is 1.75. The Bertz CT molecular complexity index is 908. The van der Waals surface area contributed by atoms with Crippen molar-refractivity contribution in [2.45, 2.75) is 50.5 Å². The van der Waals surface area contributed by atoms with Gasteiger partial charge in [-0.2, -0.15) is 0 Å². The van der Waals surface area contributed by atoms with Gasteiger partial charge < -0.3 is 9.47 Å². The zero-order valence-electron chi connectivity index (χ0n) is 16.1. The Kier molecular flexibility index (Phi) is 6.07. The van der Waals surface area contributed by atoms with Crippen LogP contribution in [0, 0.1) is 6.92 Å². The van der Waals surface area contributed by atoms with Crippen molar-refractivity contribution in [3.63, 3.8) is 0 Å². The van der Waals surface area contributed by atoms with Crippen molar-refractivity contribution in [1.29, 1.82) is 0 Å². The van der Waals surface area contributed by atoms with Crippen LogP contribution in [0.4, 0.5) is 0 Å². The molecule has 1 atom stereocenters. The Morgan fingerprint density at radius 3 is 2.41 bits per heavy atom. The SMILES string of the molecule is COc1cc2c(cc1S(=O)(=O)N[C@@H](C)COc1ccccc1C)CCCC2. The minimum Gasteiger partial charge on any atom is -0.495 e. The molecule has 1 aliphatic carbocycles. The molecule has 2 aromatic rings. The zero-order chi connectivity index (χ0) is 19.4. The van der Waals surface area contributed by atoms with E-state index in [2.05, 4.69) is 4.72 Å². The largest absolute Gasteiger partial charge is 0.495 e. The van der Waals surface area contributed by atoms with Crippen LogP contribution in [0.1, 0.15) is 36.5 Å². The monoisotopic (exact) mass is 389 g/mol. The van der Waals surface area contributed by atoms with E-state index in [-0.39, 0.29) is 17.5 Å². The van der Waals surface area contributed by atoms with Crippen LogP contribution < -0.4 is 14.2 Å². The van der Waals surface area contributed by atoms with Crippen LogP contribution in [0.15, 0.2) is 41.3 Å². The van der Waals surface area contributed by atoms with Gasteiger partial charge in [0.05, 0.1) is 13.2 Å². The second-order valence-corrected chi connectivity index (χ2v) is 8.76. The molecular formula is C21H27NO4S. The molecule has 0 radical (unpaired) electrons. The first-order valence-corrected chi connectivity index (χ1v) is 10.8. The van der Waals surface area contributed by atoms with Gasteiger partial charge in [-0.15, -0.1) is 0 Å². The third kappa shape index (κ3) is 4.62. The number of fused-ring (bicyclic) bond motifs is 1. The van der Waals surface area contributed by atoms with E-state index in [0.29, 0.717) is 5.75 Å². The fourth-order valence-electron chi connectivity index (χ4n) is 3.41. The van der Waals surface area contributed by atoms with Gasteiger partial charge in [-0.25, -0.2) is 13.1 Å². The van der Waals surface area contributed by atoms with Crippen LogP contribution in [0.5, 0.6) is 11.5 Å². The molecule has 1 N–H and O–H groups in total. The summed E-state index contributed by atoms with van der Waals surface area (Å²) < 4.78 is 39.7. The van der Waals surface area contributed by atoms with Gasteiger partial charge in [0.2, 0.25) is 10.0 Å². The number of benzene rings is 2. The molecule has 0 spiro atoms. The lowest BCUT2D eigenvalue weighted by atomic mass is 9.92. The second kappa shape index (κ2) is 8.31. The molecule has 0 saturated carbocycles. The predicted octanol–water partition coefficient (Wildman–Crippen LogP) is 3.63. The van der Waals surface area contributed by atoms with E-state index in [1.165, 1.54) is 12.7 Å². The van der Waals surface area contributed by atoms with E-state index >= 15 is 0 Å². The van der Waals surface area contributed by atoms with Crippen LogP contribution in [0.25, 0.3) is 0 Å². The summed E-state index contributed by atoms with van der Waals surface area (Å²) in [5, 5.41) is 0. The highest BCUT2D eigenvalue weighted by Crippen LogP contribution is 2.32. The summed E-state index contributed by atoms with van der Waals surface area (Å²) in [5.41, 5.74) is 3.31. The molecule has 0 aromatic heterocycles. The van der Waals surface area contributed by atoms with Gasteiger partial charge in [-0.05, 0) is 74.4 Å². The Labute approximate surface area is 161 Å². The number of para-hydroxylation sites is 1. The summed E-state index contributed by atoms with van der Waals surface area (Å²) in [7, 11) is -2.20. The maximum atomic E-state index is 12.9. The normalized spacial score (nSPS) is 15.1. The third-order valence-corrected chi connectivity index (χ3v) is 6.47. The second-order valence-electron chi connectivity index (χ2n) is 7.08. The maximum absolute atomic E-state index is 12.9. The number of aryl methyl sites for hydroxylation is 3. The average Bonchev–Trinajstić information content (AvgIpc) is 2.66. The number of nitrogens with one attached hydrogen (secondary N) is 1. The number of sulfonamides is 1. The maximum Gasteiger partial charge on any atom is 0.244 e. The first kappa shape index (κ1) is 19.7. The van der Waals surface area contributed by atoms with Gasteiger partial charge in [-0.1, -0.05) is 18.2 Å². The summed E-state index contributed by atoms with van der Waals surface area (Å²) in [6.07, 6.45) is 4.11. The van der Waals surface area contributed by atoms with Crippen molar-refractivity contribution >= 4 is 10.0 Å². The van der Waals surface area contributed by atoms with Crippen LogP contribution in [0.2, 0.25) is 0 Å². The van der Waals surface area contributed by atoms with E-state index in [0.717, 1.165) is 42.6 Å². The van der Waals surface area contributed by atoms with Crippen LogP contribution in [-0.4, -0.2) is 28.2 Å². The highest BCUT2D eigenvalue weighted by molar-refractivity contribution is 7.89. The van der Waals surface area contributed by atoms with E-state index in [9.17, 15) is 8.42 Å². The highest BCUT2D eigenvalue weighted by atomic mass is 32.2. The van der Waals surface area contributed by atoms with Crippen LogP contribution >= 0.6 is 0 Å². The molecule has 5 nitrogen and oxygen atoms in total. The molecular weight excluding hydrogens is 362 g/mol. The molecule has 0 saturated heterocycles. The van der Waals surface area contributed by atoms with Crippen LogP contribution in [-0.2, 0) is 22.9 Å². The fourth-order valence-corrected chi connectivity index (χ4v) is 4.83. The molecule has 0 amide bonds. The highest BCUT2D eigenvalue weighted by Gasteiger charge is 2.25. The van der Waals surface area contributed by atoms with E-state index in [1.807, 2.05) is 37.3 Å². The lowest BCUT2D eigenvalue weighted by Crippen LogP contribution is -2.37. The van der Waals surface area contributed by atoms with Gasteiger partial charge in [0.25, 0.3) is 0 Å². The molecule has 0 heterocycles. The third-order valence-electron chi connectivity index (χ3n) is 4.86. The van der Waals surface area contributed by atoms with Gasteiger partial charge >= 0.3 is 0 Å². The number of ether oxygens (including phenoxy) is 2. The van der Waals surface area contributed by atoms with E-state index in [1.54, 1.807) is 13.0 Å². The zero-order valence-corrected chi connectivity index (χ0v) is 16.9. The lowest BCUT2D eigenvalue weighted by molar-refractivity contribution is 0.285. The number of hydrogen-bond donors (Lipinski definition) is 1. The summed E-state index contributed by atoms with van der Waals surface area (Å²) in [5.74, 6) is 1.16. The van der Waals surface area contributed by atoms with Gasteiger partial charge in [0.1, 0.15) is 23.0 Å². The van der Waals surface area contributed by atoms with Gasteiger partial charge in [0, 0.05) is 0 Å². The van der Waals surface area contributed by atoms with Crippen molar-refractivity contribution in [2.75, 3.05) is 13.7 Å². The van der Waals surface area contributed by atoms with Crippen LogP contribution in [0.3, 0.4) is 0 Å². The Hall–Kier alpha value is -2.05. The summed E-state index contributed by atoms with van der Waals surface area (Å²) in [6, 6.07) is 10.9. The standard InChI is InChI=1S/C21H27NO4S/c1-15-8-4-7-11-19(15)26-14-16(2)22-27(23,24)21-13-18-10-6-5-9-17(18)12-20(21)25-3/h4,7-8,11-13,16,22H,5-6,9-10,14H2,1-3H3/t16-/m0/s1. The van der Waals surface area contributed by atoms with Crippen molar-refractivity contribution in [3.8, 4) is 11.5 Å². The van der Waals surface area contributed by atoms with Crippen molar-refractivity contribution in [2.24, 2.45) is 0 Å². The van der Waals surface area contributed by atoms with Crippen molar-refractivity contribution in [3.05, 3.63) is 53.1 Å². The summed E-state index contributed by atoms with van der Waals surface area (Å²) in [6.45, 7) is 4.00. The average molecular weight is 390 g/mol. The molecule has 0 aliphatic heterocycles. The Morgan fingerprint density at radius 2 is 1.74 bits per heavy atom. The number of methoxy groups -OCH3 is 1. The molecule has 146 valence electrons. The first-order valence-electron chi connectivity index (χ1n) is 9.31. The van der Waals surface area contributed by atoms with Crippen molar-refractivity contribution in [1.82, 2.24) is 4.72 Å². The fraction of sp³-hybridized carbons (Fsp3) is 0.429. The minimum absolute atomic E-state index is 0.202. The minimum atomic E-state index is -3.71. The summed E-state index contributed by atoms with van der Waals surface area (Å²) >= 11 is 0. The smallest absolute Gasteiger partial charge is 0.244 e. The van der Waals surface area contributed by atoms with Crippen molar-refractivity contribution < 1.29 is 17.9 Å². The lowest BCUT2D eigenvalue weighted by Gasteiger charge is -2.21. The summed E-state index contributed by atoms with van der Waals surface area (Å²) in [4.78, 5) is 0.202. The van der Waals surface area contributed by atoms with Gasteiger partial charge in [0.15, 0.2) is 0 Å². The molecule has 27 heavy (non-hydrogen) atoms. The van der Waals surface area contributed by atoms with E-state index < -0.39 is 10.0 Å². The number of rotatable bonds is 7. The number of hydrogen-bond acceptors (Lipinski definition) is 4. The topological polar surface area (TPSA) is 64.6 Å². The first-order chi connectivity index (χ1) is 12.9. The van der Waals surface area contributed by atoms with Gasteiger partial charge in [-0.3, -0.25) is 0 Å². The quantitative estimate of drug-likeness (QED) is 0.785. The van der Waals surface area contributed by atoms with E-state index in [4.69, 9.17) is 9.47 Å². The molecule has 0 unspecified atom stereocenters. The molecule has 1 aliphatic rings.